The zero-order chi connectivity index (χ0) is 13.1. The Hall–Kier alpha value is -1.40. The Morgan fingerprint density at radius 1 is 1.72 bits per heavy atom. The van der Waals surface area contributed by atoms with Crippen molar-refractivity contribution in [1.29, 1.82) is 0 Å². The molecule has 1 aromatic heterocycles. The first kappa shape index (κ1) is 13.0. The fourth-order valence-corrected chi connectivity index (χ4v) is 2.33. The van der Waals surface area contributed by atoms with Crippen LogP contribution in [0.3, 0.4) is 0 Å². The van der Waals surface area contributed by atoms with Crippen LogP contribution < -0.4 is 5.73 Å². The van der Waals surface area contributed by atoms with Gasteiger partial charge >= 0.3 is 0 Å². The Kier molecular flexibility index (Phi) is 3.98. The van der Waals surface area contributed by atoms with Gasteiger partial charge in [-0.2, -0.15) is 0 Å². The maximum absolute atomic E-state index is 12.3. The van der Waals surface area contributed by atoms with Gasteiger partial charge in [0.2, 0.25) is 0 Å². The Morgan fingerprint density at radius 3 is 3.06 bits per heavy atom. The molecule has 2 heterocycles. The average molecular weight is 253 g/mol. The number of ether oxygens (including phenoxy) is 1. The molecular weight excluding hydrogens is 234 g/mol. The van der Waals surface area contributed by atoms with Crippen LogP contribution in [0.15, 0.2) is 10.6 Å². The summed E-state index contributed by atoms with van der Waals surface area (Å²) in [7, 11) is 1.69. The van der Waals surface area contributed by atoms with E-state index in [1.165, 1.54) is 0 Å². The van der Waals surface area contributed by atoms with E-state index in [2.05, 4.69) is 5.16 Å². The zero-order valence-electron chi connectivity index (χ0n) is 10.8. The van der Waals surface area contributed by atoms with Crippen LogP contribution in [-0.4, -0.2) is 48.3 Å². The third-order valence-electron chi connectivity index (χ3n) is 3.38. The second-order valence-electron chi connectivity index (χ2n) is 4.59. The number of carbonyl (C=O) groups excluding carboxylic acids is 1. The van der Waals surface area contributed by atoms with Crippen molar-refractivity contribution in [2.45, 2.75) is 31.9 Å². The largest absolute Gasteiger partial charge is 0.381 e. The van der Waals surface area contributed by atoms with E-state index in [4.69, 9.17) is 15.0 Å². The highest BCUT2D eigenvalue weighted by molar-refractivity contribution is 5.92. The van der Waals surface area contributed by atoms with Crippen LogP contribution in [0.1, 0.15) is 29.1 Å². The second kappa shape index (κ2) is 5.49. The van der Waals surface area contributed by atoms with Crippen LogP contribution in [0.5, 0.6) is 0 Å². The molecule has 0 saturated carbocycles. The van der Waals surface area contributed by atoms with Gasteiger partial charge in [-0.1, -0.05) is 5.16 Å². The number of aryl methyl sites for hydroxylation is 1. The maximum atomic E-state index is 12.3. The molecule has 0 aliphatic carbocycles. The first-order valence-corrected chi connectivity index (χ1v) is 6.13. The van der Waals surface area contributed by atoms with Crippen LogP contribution >= 0.6 is 0 Å². The molecule has 1 aromatic rings. The molecule has 1 amide bonds. The third kappa shape index (κ3) is 2.54. The molecule has 1 aliphatic heterocycles. The molecule has 1 saturated heterocycles. The van der Waals surface area contributed by atoms with E-state index in [0.29, 0.717) is 24.5 Å². The van der Waals surface area contributed by atoms with Crippen molar-refractivity contribution in [2.75, 3.05) is 20.2 Å². The van der Waals surface area contributed by atoms with Gasteiger partial charge in [-0.3, -0.25) is 4.79 Å². The van der Waals surface area contributed by atoms with Gasteiger partial charge < -0.3 is 19.9 Å². The standard InChI is InChI=1S/C12H19N3O3/c1-8-5-11(14-18-8)12(16)15-4-3-10(17-2)6-9(15)7-13/h5,9-10H,3-4,6-7,13H2,1-2H3. The van der Waals surface area contributed by atoms with Crippen LogP contribution in [0.4, 0.5) is 0 Å². The van der Waals surface area contributed by atoms with Crippen molar-refractivity contribution < 1.29 is 14.1 Å². The van der Waals surface area contributed by atoms with E-state index < -0.39 is 0 Å². The van der Waals surface area contributed by atoms with Gasteiger partial charge in [0.1, 0.15) is 5.76 Å². The highest BCUT2D eigenvalue weighted by atomic mass is 16.5. The number of hydrogen-bond acceptors (Lipinski definition) is 5. The molecule has 6 nitrogen and oxygen atoms in total. The molecular formula is C12H19N3O3. The lowest BCUT2D eigenvalue weighted by molar-refractivity contribution is 0.0134. The number of likely N-dealkylation sites (tertiary alicyclic amines) is 1. The van der Waals surface area contributed by atoms with Crippen molar-refractivity contribution in [3.8, 4) is 0 Å². The van der Waals surface area contributed by atoms with Crippen molar-refractivity contribution in [2.24, 2.45) is 5.73 Å². The first-order chi connectivity index (χ1) is 8.65. The van der Waals surface area contributed by atoms with Crippen LogP contribution in [0.25, 0.3) is 0 Å². The van der Waals surface area contributed by atoms with E-state index in [-0.39, 0.29) is 18.1 Å². The van der Waals surface area contributed by atoms with E-state index in [1.807, 2.05) is 0 Å². The van der Waals surface area contributed by atoms with Crippen LogP contribution in [-0.2, 0) is 4.74 Å². The van der Waals surface area contributed by atoms with Crippen molar-refractivity contribution in [3.05, 3.63) is 17.5 Å². The molecule has 0 aromatic carbocycles. The number of hydrogen-bond donors (Lipinski definition) is 1. The smallest absolute Gasteiger partial charge is 0.276 e. The van der Waals surface area contributed by atoms with Crippen molar-refractivity contribution in [1.82, 2.24) is 10.1 Å². The summed E-state index contributed by atoms with van der Waals surface area (Å²) in [4.78, 5) is 14.1. The molecule has 0 spiro atoms. The average Bonchev–Trinajstić information content (AvgIpc) is 2.83. The number of piperidine rings is 1. The normalized spacial score (nSPS) is 24.3. The topological polar surface area (TPSA) is 81.6 Å². The lowest BCUT2D eigenvalue weighted by Crippen LogP contribution is -2.51. The molecule has 0 radical (unpaired) electrons. The summed E-state index contributed by atoms with van der Waals surface area (Å²) in [6, 6.07) is 1.66. The molecule has 2 atom stereocenters. The Balaban J connectivity index is 2.10. The number of nitrogens with zero attached hydrogens (tertiary/aromatic N) is 2. The van der Waals surface area contributed by atoms with Crippen LogP contribution in [0.2, 0.25) is 0 Å². The minimum Gasteiger partial charge on any atom is -0.381 e. The van der Waals surface area contributed by atoms with E-state index in [0.717, 1.165) is 12.8 Å². The molecule has 100 valence electrons. The second-order valence-corrected chi connectivity index (χ2v) is 4.59. The minimum atomic E-state index is -0.114. The Morgan fingerprint density at radius 2 is 2.50 bits per heavy atom. The summed E-state index contributed by atoms with van der Waals surface area (Å²) in [5.74, 6) is 0.520. The number of carbonyl (C=O) groups is 1. The van der Waals surface area contributed by atoms with Gasteiger partial charge in [0.25, 0.3) is 5.91 Å². The summed E-state index contributed by atoms with van der Waals surface area (Å²) >= 11 is 0. The van der Waals surface area contributed by atoms with E-state index >= 15 is 0 Å². The quantitative estimate of drug-likeness (QED) is 0.851. The summed E-state index contributed by atoms with van der Waals surface area (Å²) < 4.78 is 10.3. The maximum Gasteiger partial charge on any atom is 0.276 e. The summed E-state index contributed by atoms with van der Waals surface area (Å²) in [5, 5.41) is 3.76. The molecule has 2 N–H and O–H groups in total. The summed E-state index contributed by atoms with van der Waals surface area (Å²) in [6.45, 7) is 2.84. The molecule has 6 heteroatoms. The molecule has 18 heavy (non-hydrogen) atoms. The molecule has 1 fully saturated rings. The lowest BCUT2D eigenvalue weighted by atomic mass is 9.99. The zero-order valence-corrected chi connectivity index (χ0v) is 10.8. The number of nitrogens with two attached hydrogens (primary N) is 1. The van der Waals surface area contributed by atoms with Gasteiger partial charge in [0.05, 0.1) is 6.10 Å². The number of aromatic nitrogens is 1. The Labute approximate surface area is 106 Å². The van der Waals surface area contributed by atoms with Gasteiger partial charge in [-0.05, 0) is 19.8 Å². The molecule has 1 aliphatic rings. The summed E-state index contributed by atoms with van der Waals surface area (Å²) in [6.07, 6.45) is 1.78. The minimum absolute atomic E-state index is 0.00760. The van der Waals surface area contributed by atoms with Gasteiger partial charge in [-0.25, -0.2) is 0 Å². The first-order valence-electron chi connectivity index (χ1n) is 6.13. The van der Waals surface area contributed by atoms with E-state index in [1.54, 1.807) is 25.0 Å². The number of rotatable bonds is 3. The predicted molar refractivity (Wildman–Crippen MR) is 65.1 cm³/mol. The predicted octanol–water partition coefficient (Wildman–Crippen LogP) is 0.561. The highest BCUT2D eigenvalue weighted by Gasteiger charge is 2.32. The number of methoxy groups -OCH3 is 1. The fourth-order valence-electron chi connectivity index (χ4n) is 2.33. The molecule has 0 bridgehead atoms. The third-order valence-corrected chi connectivity index (χ3v) is 3.38. The number of amides is 1. The highest BCUT2D eigenvalue weighted by Crippen LogP contribution is 2.21. The fraction of sp³-hybridized carbons (Fsp3) is 0.667. The van der Waals surface area contributed by atoms with Gasteiger partial charge in [0.15, 0.2) is 5.69 Å². The summed E-state index contributed by atoms with van der Waals surface area (Å²) in [5.41, 5.74) is 6.09. The molecule has 2 rings (SSSR count). The van der Waals surface area contributed by atoms with Crippen LogP contribution in [0, 0.1) is 6.92 Å². The van der Waals surface area contributed by atoms with Gasteiger partial charge in [0, 0.05) is 32.3 Å². The van der Waals surface area contributed by atoms with Crippen molar-refractivity contribution in [3.63, 3.8) is 0 Å². The van der Waals surface area contributed by atoms with E-state index in [9.17, 15) is 4.79 Å². The SMILES string of the molecule is COC1CCN(C(=O)c2cc(C)on2)C(CN)C1. The molecule has 2 unspecified atom stereocenters. The Bertz CT molecular complexity index is 418. The monoisotopic (exact) mass is 253 g/mol. The van der Waals surface area contributed by atoms with Crippen molar-refractivity contribution >= 4 is 5.91 Å². The van der Waals surface area contributed by atoms with Gasteiger partial charge in [-0.15, -0.1) is 0 Å². The lowest BCUT2D eigenvalue weighted by Gasteiger charge is -2.38.